The van der Waals surface area contributed by atoms with Gasteiger partial charge in [-0.1, -0.05) is 29.8 Å². The lowest BCUT2D eigenvalue weighted by molar-refractivity contribution is -0.119. The molecule has 0 aromatic heterocycles. The second-order valence-electron chi connectivity index (χ2n) is 9.88. The molecule has 2 aromatic rings. The average Bonchev–Trinajstić information content (AvgIpc) is 2.85. The van der Waals surface area contributed by atoms with E-state index in [-0.39, 0.29) is 24.1 Å². The van der Waals surface area contributed by atoms with Gasteiger partial charge in [-0.3, -0.25) is 9.59 Å². The van der Waals surface area contributed by atoms with E-state index in [1.165, 1.54) is 29.5 Å². The normalized spacial score (nSPS) is 18.4. The molecule has 1 fully saturated rings. The van der Waals surface area contributed by atoms with Crippen molar-refractivity contribution in [2.45, 2.75) is 57.8 Å². The van der Waals surface area contributed by atoms with Crippen LogP contribution in [0.4, 0.5) is 5.69 Å². The summed E-state index contributed by atoms with van der Waals surface area (Å²) < 4.78 is 0. The minimum atomic E-state index is 0. The molecule has 0 unspecified atom stereocenters. The molecule has 182 valence electrons. The molecular formula is C28H34Cl2N2O2. The third-order valence-electron chi connectivity index (χ3n) is 7.74. The van der Waals surface area contributed by atoms with Crippen LogP contribution in [0.25, 0.3) is 0 Å². The van der Waals surface area contributed by atoms with Crippen molar-refractivity contribution >= 4 is 41.4 Å². The van der Waals surface area contributed by atoms with Gasteiger partial charge in [0.25, 0.3) is 0 Å². The fraction of sp³-hybridized carbons (Fsp3) is 0.500. The van der Waals surface area contributed by atoms with Crippen LogP contribution >= 0.6 is 24.0 Å². The molecular weight excluding hydrogens is 467 g/mol. The molecule has 0 spiro atoms. The van der Waals surface area contributed by atoms with Gasteiger partial charge < -0.3 is 9.80 Å². The maximum atomic E-state index is 13.1. The summed E-state index contributed by atoms with van der Waals surface area (Å²) in [5, 5.41) is 0.863. The zero-order chi connectivity index (χ0) is 22.8. The van der Waals surface area contributed by atoms with Crippen LogP contribution in [0, 0.1) is 5.92 Å². The molecule has 3 heterocycles. The largest absolute Gasteiger partial charge is 0.312 e. The van der Waals surface area contributed by atoms with E-state index in [0.29, 0.717) is 18.8 Å². The molecule has 0 N–H and O–H groups in total. The molecule has 0 saturated carbocycles. The first kappa shape index (κ1) is 25.2. The van der Waals surface area contributed by atoms with Crippen LogP contribution in [0.5, 0.6) is 0 Å². The summed E-state index contributed by atoms with van der Waals surface area (Å²) in [4.78, 5) is 29.8. The summed E-state index contributed by atoms with van der Waals surface area (Å²) in [6.45, 7) is 4.09. The molecule has 0 atom stereocenters. The number of anilines is 1. The summed E-state index contributed by atoms with van der Waals surface area (Å²) in [6, 6.07) is 12.3. The number of carbonyl (C=O) groups excluding carboxylic acids is 2. The topological polar surface area (TPSA) is 40.6 Å². The molecule has 0 radical (unpaired) electrons. The average molecular weight is 501 g/mol. The monoisotopic (exact) mass is 500 g/mol. The van der Waals surface area contributed by atoms with Gasteiger partial charge in [0, 0.05) is 36.5 Å². The van der Waals surface area contributed by atoms with Gasteiger partial charge in [-0.25, -0.2) is 0 Å². The standard InChI is InChI=1S/C28H33ClN2O2.ClH/c29-25-6-2-1-4-21(25)13-17-30-15-11-20(12-16-30)7-9-26(32)24-18-22-5-3-14-31-27(33)10-8-23(19-24)28(22)31;/h1-2,4,6,18-20H,3,5,7-17H2;1H. The van der Waals surface area contributed by atoms with Gasteiger partial charge >= 0.3 is 0 Å². The number of piperidine rings is 1. The highest BCUT2D eigenvalue weighted by molar-refractivity contribution is 6.31. The molecule has 6 heteroatoms. The molecule has 3 aliphatic rings. The van der Waals surface area contributed by atoms with Crippen molar-refractivity contribution in [3.63, 3.8) is 0 Å². The molecule has 1 amide bonds. The second-order valence-corrected chi connectivity index (χ2v) is 10.3. The van der Waals surface area contributed by atoms with Gasteiger partial charge in [-0.05, 0) is 98.8 Å². The lowest BCUT2D eigenvalue weighted by Crippen LogP contribution is -2.39. The molecule has 0 aliphatic carbocycles. The number of ketones is 1. The van der Waals surface area contributed by atoms with E-state index in [9.17, 15) is 9.59 Å². The summed E-state index contributed by atoms with van der Waals surface area (Å²) in [5.74, 6) is 1.14. The van der Waals surface area contributed by atoms with E-state index in [0.717, 1.165) is 74.6 Å². The molecule has 0 bridgehead atoms. The first-order valence-electron chi connectivity index (χ1n) is 12.5. The third-order valence-corrected chi connectivity index (χ3v) is 8.11. The van der Waals surface area contributed by atoms with Gasteiger partial charge in [-0.2, -0.15) is 0 Å². The van der Waals surface area contributed by atoms with Gasteiger partial charge in [0.1, 0.15) is 0 Å². The Balaban J connectivity index is 0.00000274. The number of likely N-dealkylation sites (tertiary alicyclic amines) is 1. The number of amides is 1. The Kier molecular flexibility index (Phi) is 8.34. The fourth-order valence-electron chi connectivity index (χ4n) is 5.77. The highest BCUT2D eigenvalue weighted by Gasteiger charge is 2.30. The molecule has 34 heavy (non-hydrogen) atoms. The van der Waals surface area contributed by atoms with Crippen LogP contribution in [-0.2, 0) is 24.1 Å². The Morgan fingerprint density at radius 1 is 1.00 bits per heavy atom. The highest BCUT2D eigenvalue weighted by Crippen LogP contribution is 2.37. The number of nitrogens with zero attached hydrogens (tertiary/aromatic N) is 2. The van der Waals surface area contributed by atoms with Crippen LogP contribution in [0.15, 0.2) is 36.4 Å². The van der Waals surface area contributed by atoms with Gasteiger partial charge in [0.05, 0.1) is 5.69 Å². The van der Waals surface area contributed by atoms with Crippen LogP contribution in [0.2, 0.25) is 5.02 Å². The van der Waals surface area contributed by atoms with Crippen LogP contribution < -0.4 is 4.90 Å². The van der Waals surface area contributed by atoms with Crippen molar-refractivity contribution < 1.29 is 9.59 Å². The van der Waals surface area contributed by atoms with Crippen LogP contribution in [-0.4, -0.2) is 42.8 Å². The van der Waals surface area contributed by atoms with Crippen molar-refractivity contribution in [1.29, 1.82) is 0 Å². The van der Waals surface area contributed by atoms with Crippen molar-refractivity contribution in [1.82, 2.24) is 4.90 Å². The Labute approximate surface area is 214 Å². The van der Waals surface area contributed by atoms with Crippen LogP contribution in [0.3, 0.4) is 0 Å². The van der Waals surface area contributed by atoms with E-state index in [2.05, 4.69) is 29.2 Å². The van der Waals surface area contributed by atoms with Crippen molar-refractivity contribution in [3.8, 4) is 0 Å². The minimum absolute atomic E-state index is 0. The maximum absolute atomic E-state index is 13.1. The maximum Gasteiger partial charge on any atom is 0.227 e. The number of hydrogen-bond acceptors (Lipinski definition) is 3. The zero-order valence-electron chi connectivity index (χ0n) is 19.7. The molecule has 5 rings (SSSR count). The Morgan fingerprint density at radius 3 is 2.50 bits per heavy atom. The molecule has 4 nitrogen and oxygen atoms in total. The predicted octanol–water partition coefficient (Wildman–Crippen LogP) is 5.90. The van der Waals surface area contributed by atoms with E-state index < -0.39 is 0 Å². The SMILES string of the molecule is Cl.O=C(CCC1CCN(CCc2ccccc2Cl)CC1)c1cc2c3c(c1)CCC(=O)N3CCC2. The van der Waals surface area contributed by atoms with E-state index in [1.54, 1.807) is 0 Å². The van der Waals surface area contributed by atoms with Crippen LogP contribution in [0.1, 0.15) is 65.6 Å². The number of Topliss-reactive ketones (excluding diaryl/α,β-unsaturated/α-hetero) is 1. The molecule has 1 saturated heterocycles. The second kappa shape index (κ2) is 11.2. The first-order valence-corrected chi connectivity index (χ1v) is 12.9. The number of halogens is 2. The molecule has 2 aromatic carbocycles. The highest BCUT2D eigenvalue weighted by atomic mass is 35.5. The van der Waals surface area contributed by atoms with E-state index >= 15 is 0 Å². The zero-order valence-corrected chi connectivity index (χ0v) is 21.3. The Bertz CT molecular complexity index is 1030. The summed E-state index contributed by atoms with van der Waals surface area (Å²) in [5.41, 5.74) is 5.59. The third kappa shape index (κ3) is 5.50. The van der Waals surface area contributed by atoms with Gasteiger partial charge in [0.2, 0.25) is 5.91 Å². The van der Waals surface area contributed by atoms with E-state index in [4.69, 9.17) is 11.6 Å². The first-order chi connectivity index (χ1) is 16.1. The summed E-state index contributed by atoms with van der Waals surface area (Å²) in [6.07, 6.45) is 8.24. The predicted molar refractivity (Wildman–Crippen MR) is 141 cm³/mol. The summed E-state index contributed by atoms with van der Waals surface area (Å²) in [7, 11) is 0. The minimum Gasteiger partial charge on any atom is -0.312 e. The van der Waals surface area contributed by atoms with Gasteiger partial charge in [0.15, 0.2) is 5.78 Å². The van der Waals surface area contributed by atoms with E-state index in [1.807, 2.05) is 17.0 Å². The number of hydrogen-bond donors (Lipinski definition) is 0. The number of carbonyl (C=O) groups is 2. The fourth-order valence-corrected chi connectivity index (χ4v) is 6.00. The lowest BCUT2D eigenvalue weighted by atomic mass is 9.87. The Hall–Kier alpha value is -1.88. The number of benzene rings is 2. The Morgan fingerprint density at radius 2 is 1.74 bits per heavy atom. The summed E-state index contributed by atoms with van der Waals surface area (Å²) >= 11 is 6.29. The van der Waals surface area contributed by atoms with Crippen molar-refractivity contribution in [2.24, 2.45) is 5.92 Å². The lowest BCUT2D eigenvalue weighted by Gasteiger charge is -2.35. The molecule has 3 aliphatic heterocycles. The number of aryl methyl sites for hydroxylation is 2. The quantitative estimate of drug-likeness (QED) is 0.444. The van der Waals surface area contributed by atoms with Gasteiger partial charge in [-0.15, -0.1) is 12.4 Å². The smallest absolute Gasteiger partial charge is 0.227 e. The van der Waals surface area contributed by atoms with Crippen molar-refractivity contribution in [2.75, 3.05) is 31.1 Å². The number of rotatable bonds is 7. The van der Waals surface area contributed by atoms with Crippen molar-refractivity contribution in [3.05, 3.63) is 63.7 Å².